The van der Waals surface area contributed by atoms with Gasteiger partial charge in [0.25, 0.3) is 0 Å². The molecule has 1 aromatic carbocycles. The van der Waals surface area contributed by atoms with Crippen molar-refractivity contribution in [3.05, 3.63) is 59.9 Å². The van der Waals surface area contributed by atoms with Crippen molar-refractivity contribution in [1.82, 2.24) is 34.8 Å². The Morgan fingerprint density at radius 3 is 2.67 bits per heavy atom. The summed E-state index contributed by atoms with van der Waals surface area (Å²) in [4.78, 5) is 6.79. The smallest absolute Gasteiger partial charge is 0.194 e. The fourth-order valence-electron chi connectivity index (χ4n) is 2.82. The van der Waals surface area contributed by atoms with Gasteiger partial charge in [-0.05, 0) is 19.1 Å². The Morgan fingerprint density at radius 2 is 2.00 bits per heavy atom. The van der Waals surface area contributed by atoms with Gasteiger partial charge >= 0.3 is 0 Å². The number of ether oxygens (including phenoxy) is 1. The highest BCUT2D eigenvalue weighted by molar-refractivity contribution is 14.0. The third-order valence-corrected chi connectivity index (χ3v) is 4.58. The number of hydrogen-bond donors (Lipinski definition) is 1. The van der Waals surface area contributed by atoms with E-state index in [9.17, 15) is 0 Å². The van der Waals surface area contributed by atoms with E-state index in [2.05, 4.69) is 25.5 Å². The van der Waals surface area contributed by atoms with Crippen LogP contribution >= 0.6 is 24.0 Å². The number of guanidine groups is 1. The van der Waals surface area contributed by atoms with Gasteiger partial charge in [-0.2, -0.15) is 5.10 Å². The molecule has 30 heavy (non-hydrogen) atoms. The second-order valence-corrected chi connectivity index (χ2v) is 6.77. The van der Waals surface area contributed by atoms with Gasteiger partial charge in [-0.25, -0.2) is 9.67 Å². The normalized spacial score (nSPS) is 11.3. The summed E-state index contributed by atoms with van der Waals surface area (Å²) in [6.07, 6.45) is 3.91. The minimum atomic E-state index is 0. The highest BCUT2D eigenvalue weighted by Gasteiger charge is 2.11. The lowest BCUT2D eigenvalue weighted by molar-refractivity contribution is 0.203. The first-order chi connectivity index (χ1) is 14.1. The predicted octanol–water partition coefficient (Wildman–Crippen LogP) is 2.15. The van der Waals surface area contributed by atoms with Crippen molar-refractivity contribution >= 4 is 29.9 Å². The molecule has 0 atom stereocenters. The van der Waals surface area contributed by atoms with Crippen LogP contribution in [0.3, 0.4) is 0 Å². The molecule has 0 bridgehead atoms. The molecule has 3 rings (SSSR count). The summed E-state index contributed by atoms with van der Waals surface area (Å²) in [6, 6.07) is 10.1. The number of para-hydroxylation sites is 1. The Bertz CT molecular complexity index is 937. The van der Waals surface area contributed by atoms with E-state index in [0.717, 1.165) is 28.9 Å². The third kappa shape index (κ3) is 6.26. The molecular formula is C20H29IN8O. The van der Waals surface area contributed by atoms with Gasteiger partial charge in [-0.15, -0.1) is 34.2 Å². The molecule has 0 saturated heterocycles. The lowest BCUT2D eigenvalue weighted by Gasteiger charge is -2.22. The van der Waals surface area contributed by atoms with Crippen LogP contribution in [-0.4, -0.2) is 62.7 Å². The average Bonchev–Trinajstić information content (AvgIpc) is 3.32. The summed E-state index contributed by atoms with van der Waals surface area (Å²) in [5, 5.41) is 16.1. The zero-order valence-corrected chi connectivity index (χ0v) is 20.1. The van der Waals surface area contributed by atoms with Crippen LogP contribution in [0, 0.1) is 6.92 Å². The number of rotatable bonds is 8. The molecule has 10 heteroatoms. The fraction of sp³-hybridized carbons (Fsp3) is 0.400. The third-order valence-electron chi connectivity index (χ3n) is 4.58. The van der Waals surface area contributed by atoms with Crippen molar-refractivity contribution in [2.75, 3.05) is 27.3 Å². The second-order valence-electron chi connectivity index (χ2n) is 6.77. The van der Waals surface area contributed by atoms with E-state index in [0.29, 0.717) is 26.2 Å². The van der Waals surface area contributed by atoms with Gasteiger partial charge in [-0.1, -0.05) is 18.2 Å². The molecule has 0 amide bonds. The first-order valence-corrected chi connectivity index (χ1v) is 9.50. The minimum Gasteiger partial charge on any atom is -0.383 e. The maximum atomic E-state index is 5.15. The monoisotopic (exact) mass is 524 g/mol. The molecule has 2 aromatic heterocycles. The number of hydrogen-bond acceptors (Lipinski definition) is 5. The van der Waals surface area contributed by atoms with Crippen molar-refractivity contribution in [3.8, 4) is 5.69 Å². The lowest BCUT2D eigenvalue weighted by Crippen LogP contribution is -2.40. The summed E-state index contributed by atoms with van der Waals surface area (Å²) in [7, 11) is 5.63. The Morgan fingerprint density at radius 1 is 1.23 bits per heavy atom. The molecule has 0 aliphatic rings. The van der Waals surface area contributed by atoms with Crippen LogP contribution in [-0.2, 0) is 24.9 Å². The Balaban J connectivity index is 0.00000320. The molecule has 0 aliphatic heterocycles. The van der Waals surface area contributed by atoms with Crippen molar-refractivity contribution in [1.29, 1.82) is 0 Å². The SMILES string of the molecule is COCCNC(=NCc1nnc(C)n1C)N(C)Cc1cnn(-c2ccccc2)c1.I. The maximum Gasteiger partial charge on any atom is 0.194 e. The van der Waals surface area contributed by atoms with Gasteiger partial charge < -0.3 is 19.5 Å². The lowest BCUT2D eigenvalue weighted by atomic mass is 10.3. The van der Waals surface area contributed by atoms with Crippen LogP contribution in [0.5, 0.6) is 0 Å². The zero-order valence-electron chi connectivity index (χ0n) is 17.8. The van der Waals surface area contributed by atoms with Crippen LogP contribution in [0.4, 0.5) is 0 Å². The number of aryl methyl sites for hydroxylation is 1. The number of benzene rings is 1. The molecule has 3 aromatic rings. The Kier molecular flexibility index (Phi) is 9.24. The predicted molar refractivity (Wildman–Crippen MR) is 127 cm³/mol. The Labute approximate surface area is 194 Å². The van der Waals surface area contributed by atoms with Gasteiger partial charge in [-0.3, -0.25) is 0 Å². The minimum absolute atomic E-state index is 0. The van der Waals surface area contributed by atoms with Crippen molar-refractivity contribution in [2.45, 2.75) is 20.0 Å². The zero-order chi connectivity index (χ0) is 20.6. The van der Waals surface area contributed by atoms with Crippen LogP contribution < -0.4 is 5.32 Å². The van der Waals surface area contributed by atoms with Gasteiger partial charge in [0.05, 0.1) is 18.5 Å². The van der Waals surface area contributed by atoms with Crippen LogP contribution in [0.2, 0.25) is 0 Å². The van der Waals surface area contributed by atoms with Gasteiger partial charge in [0.1, 0.15) is 12.4 Å². The molecule has 0 saturated carbocycles. The molecule has 2 heterocycles. The number of aromatic nitrogens is 5. The maximum absolute atomic E-state index is 5.15. The van der Waals surface area contributed by atoms with E-state index >= 15 is 0 Å². The molecule has 0 radical (unpaired) electrons. The fourth-order valence-corrected chi connectivity index (χ4v) is 2.82. The molecular weight excluding hydrogens is 495 g/mol. The van der Waals surface area contributed by atoms with E-state index in [1.54, 1.807) is 7.11 Å². The molecule has 9 nitrogen and oxygen atoms in total. The molecule has 162 valence electrons. The topological polar surface area (TPSA) is 85.4 Å². The highest BCUT2D eigenvalue weighted by atomic mass is 127. The average molecular weight is 524 g/mol. The van der Waals surface area contributed by atoms with Gasteiger partial charge in [0.15, 0.2) is 11.8 Å². The number of methoxy groups -OCH3 is 1. The number of nitrogens with zero attached hydrogens (tertiary/aromatic N) is 7. The van der Waals surface area contributed by atoms with Crippen molar-refractivity contribution in [3.63, 3.8) is 0 Å². The van der Waals surface area contributed by atoms with Crippen LogP contribution in [0.25, 0.3) is 5.69 Å². The standard InChI is InChI=1S/C20H28N8O.HI/c1-16-24-25-19(27(16)3)13-22-20(21-10-11-29-4)26(2)14-17-12-23-28(15-17)18-8-6-5-7-9-18;/h5-9,12,15H,10-11,13-14H2,1-4H3,(H,21,22);1H. The van der Waals surface area contributed by atoms with Gasteiger partial charge in [0, 0.05) is 46.1 Å². The number of aliphatic imine (C=N–C) groups is 1. The van der Waals surface area contributed by atoms with E-state index in [4.69, 9.17) is 9.73 Å². The molecule has 1 N–H and O–H groups in total. The summed E-state index contributed by atoms with van der Waals surface area (Å²) in [5.74, 6) is 2.46. The molecule has 0 aliphatic carbocycles. The first kappa shape index (κ1) is 23.8. The largest absolute Gasteiger partial charge is 0.383 e. The van der Waals surface area contributed by atoms with E-state index < -0.39 is 0 Å². The summed E-state index contributed by atoms with van der Waals surface area (Å²) in [6.45, 7) is 4.31. The van der Waals surface area contributed by atoms with E-state index in [1.165, 1.54) is 0 Å². The molecule has 0 fully saturated rings. The Hall–Kier alpha value is -2.47. The van der Waals surface area contributed by atoms with E-state index in [-0.39, 0.29) is 24.0 Å². The van der Waals surface area contributed by atoms with Crippen LogP contribution in [0.15, 0.2) is 47.7 Å². The number of nitrogens with one attached hydrogen (secondary N) is 1. The second kappa shape index (κ2) is 11.6. The van der Waals surface area contributed by atoms with Crippen LogP contribution in [0.1, 0.15) is 17.2 Å². The van der Waals surface area contributed by atoms with Gasteiger partial charge in [0.2, 0.25) is 0 Å². The summed E-state index contributed by atoms with van der Waals surface area (Å²) >= 11 is 0. The quantitative estimate of drug-likeness (QED) is 0.211. The highest BCUT2D eigenvalue weighted by Crippen LogP contribution is 2.09. The molecule has 0 unspecified atom stereocenters. The van der Waals surface area contributed by atoms with Crippen molar-refractivity contribution in [2.24, 2.45) is 12.0 Å². The first-order valence-electron chi connectivity index (χ1n) is 9.50. The molecule has 0 spiro atoms. The summed E-state index contributed by atoms with van der Waals surface area (Å²) < 4.78 is 8.97. The summed E-state index contributed by atoms with van der Waals surface area (Å²) in [5.41, 5.74) is 2.12. The number of halogens is 1. The van der Waals surface area contributed by atoms with Crippen molar-refractivity contribution < 1.29 is 4.74 Å². The van der Waals surface area contributed by atoms with E-state index in [1.807, 2.05) is 73.0 Å².